The van der Waals surface area contributed by atoms with Crippen LogP contribution in [-0.2, 0) is 0 Å². The molecule has 1 aromatic rings. The van der Waals surface area contributed by atoms with Crippen molar-refractivity contribution < 1.29 is 0 Å². The Kier molecular flexibility index (Phi) is 3.35. The first-order valence-corrected chi connectivity index (χ1v) is 6.25. The smallest absolute Gasteiger partial charge is 0.0314 e. The van der Waals surface area contributed by atoms with Gasteiger partial charge < -0.3 is 5.73 Å². The van der Waals surface area contributed by atoms with Gasteiger partial charge in [0.05, 0.1) is 0 Å². The zero-order chi connectivity index (χ0) is 9.80. The van der Waals surface area contributed by atoms with Crippen molar-refractivity contribution in [1.82, 2.24) is 0 Å². The average Bonchev–Trinajstić information content (AvgIpc) is 2.23. The molecule has 2 heteroatoms. The second-order valence-electron chi connectivity index (χ2n) is 3.95. The van der Waals surface area contributed by atoms with Gasteiger partial charge in [0.25, 0.3) is 0 Å². The second-order valence-corrected chi connectivity index (χ2v) is 5.32. The molecule has 1 fully saturated rings. The molecule has 0 bridgehead atoms. The predicted molar refractivity (Wildman–Crippen MR) is 63.6 cm³/mol. The Morgan fingerprint density at radius 2 is 1.64 bits per heavy atom. The Morgan fingerprint density at radius 3 is 2.29 bits per heavy atom. The quantitative estimate of drug-likeness (QED) is 0.748. The van der Waals surface area contributed by atoms with E-state index in [0.29, 0.717) is 0 Å². The van der Waals surface area contributed by atoms with Crippen LogP contribution in [0.15, 0.2) is 29.2 Å². The van der Waals surface area contributed by atoms with Crippen LogP contribution < -0.4 is 5.73 Å². The fourth-order valence-corrected chi connectivity index (χ4v) is 3.17. The Bertz CT molecular complexity index is 275. The Hall–Kier alpha value is -0.630. The lowest BCUT2D eigenvalue weighted by Crippen LogP contribution is -2.07. The van der Waals surface area contributed by atoms with Crippen LogP contribution in [0.2, 0.25) is 0 Å². The number of rotatable bonds is 2. The van der Waals surface area contributed by atoms with Crippen LogP contribution in [-0.4, -0.2) is 5.25 Å². The summed E-state index contributed by atoms with van der Waals surface area (Å²) < 4.78 is 0. The SMILES string of the molecule is Nc1ccc(SC2CCCCC2)cc1. The monoisotopic (exact) mass is 207 g/mol. The van der Waals surface area contributed by atoms with E-state index in [0.717, 1.165) is 10.9 Å². The van der Waals surface area contributed by atoms with Crippen molar-refractivity contribution in [1.29, 1.82) is 0 Å². The maximum absolute atomic E-state index is 5.65. The third kappa shape index (κ3) is 2.68. The molecule has 1 nitrogen and oxygen atoms in total. The molecular formula is C12H17NS. The van der Waals surface area contributed by atoms with Crippen molar-refractivity contribution in [3.63, 3.8) is 0 Å². The van der Waals surface area contributed by atoms with E-state index in [4.69, 9.17) is 5.73 Å². The lowest BCUT2D eigenvalue weighted by atomic mass is 10.0. The molecule has 0 aromatic heterocycles. The second kappa shape index (κ2) is 4.74. The Labute approximate surface area is 90.1 Å². The summed E-state index contributed by atoms with van der Waals surface area (Å²) in [6.45, 7) is 0. The minimum absolute atomic E-state index is 0.840. The highest BCUT2D eigenvalue weighted by Gasteiger charge is 2.14. The van der Waals surface area contributed by atoms with Crippen LogP contribution in [0.3, 0.4) is 0 Å². The van der Waals surface area contributed by atoms with Gasteiger partial charge in [-0.2, -0.15) is 0 Å². The molecule has 0 saturated heterocycles. The van der Waals surface area contributed by atoms with Gasteiger partial charge in [-0.3, -0.25) is 0 Å². The lowest BCUT2D eigenvalue weighted by molar-refractivity contribution is 0.516. The fraction of sp³-hybridized carbons (Fsp3) is 0.500. The molecule has 76 valence electrons. The average molecular weight is 207 g/mol. The van der Waals surface area contributed by atoms with Crippen LogP contribution in [0, 0.1) is 0 Å². The van der Waals surface area contributed by atoms with Crippen molar-refractivity contribution >= 4 is 17.4 Å². The molecular weight excluding hydrogens is 190 g/mol. The first-order valence-electron chi connectivity index (χ1n) is 5.37. The first-order chi connectivity index (χ1) is 6.84. The number of anilines is 1. The zero-order valence-electron chi connectivity index (χ0n) is 8.41. The first kappa shape index (κ1) is 9.91. The van der Waals surface area contributed by atoms with E-state index in [-0.39, 0.29) is 0 Å². The number of hydrogen-bond acceptors (Lipinski definition) is 2. The fourth-order valence-electron chi connectivity index (χ4n) is 1.92. The summed E-state index contributed by atoms with van der Waals surface area (Å²) in [5.74, 6) is 0. The topological polar surface area (TPSA) is 26.0 Å². The van der Waals surface area contributed by atoms with Gasteiger partial charge in [-0.15, -0.1) is 11.8 Å². The maximum Gasteiger partial charge on any atom is 0.0314 e. The summed E-state index contributed by atoms with van der Waals surface area (Å²) in [5.41, 5.74) is 6.51. The third-order valence-corrected chi connectivity index (χ3v) is 4.08. The van der Waals surface area contributed by atoms with Gasteiger partial charge in [0, 0.05) is 15.8 Å². The molecule has 0 aliphatic heterocycles. The van der Waals surface area contributed by atoms with E-state index in [1.54, 1.807) is 0 Å². The van der Waals surface area contributed by atoms with Gasteiger partial charge in [0.15, 0.2) is 0 Å². The molecule has 0 unspecified atom stereocenters. The molecule has 0 amide bonds. The van der Waals surface area contributed by atoms with Gasteiger partial charge in [0.2, 0.25) is 0 Å². The van der Waals surface area contributed by atoms with Crippen LogP contribution in [0.1, 0.15) is 32.1 Å². The zero-order valence-corrected chi connectivity index (χ0v) is 9.22. The molecule has 2 rings (SSSR count). The van der Waals surface area contributed by atoms with Gasteiger partial charge >= 0.3 is 0 Å². The number of nitrogen functional groups attached to an aromatic ring is 1. The molecule has 0 heterocycles. The summed E-state index contributed by atoms with van der Waals surface area (Å²) in [7, 11) is 0. The summed E-state index contributed by atoms with van der Waals surface area (Å²) in [6.07, 6.45) is 7.02. The lowest BCUT2D eigenvalue weighted by Gasteiger charge is -2.20. The Balaban J connectivity index is 1.92. The third-order valence-electron chi connectivity index (χ3n) is 2.74. The minimum atomic E-state index is 0.840. The molecule has 0 radical (unpaired) electrons. The molecule has 14 heavy (non-hydrogen) atoms. The summed E-state index contributed by atoms with van der Waals surface area (Å²) in [5, 5.41) is 0.840. The highest BCUT2D eigenvalue weighted by Crippen LogP contribution is 2.33. The van der Waals surface area contributed by atoms with Crippen LogP contribution >= 0.6 is 11.8 Å². The maximum atomic E-state index is 5.65. The van der Waals surface area contributed by atoms with Crippen molar-refractivity contribution in [3.8, 4) is 0 Å². The predicted octanol–water partition coefficient (Wildman–Crippen LogP) is 3.69. The Morgan fingerprint density at radius 1 is 1.00 bits per heavy atom. The largest absolute Gasteiger partial charge is 0.399 e. The van der Waals surface area contributed by atoms with E-state index < -0.39 is 0 Å². The summed E-state index contributed by atoms with van der Waals surface area (Å²) in [4.78, 5) is 1.37. The van der Waals surface area contributed by atoms with E-state index in [2.05, 4.69) is 12.1 Å². The van der Waals surface area contributed by atoms with Crippen LogP contribution in [0.5, 0.6) is 0 Å². The standard InChI is InChI=1S/C12H17NS/c13-10-6-8-12(9-7-10)14-11-4-2-1-3-5-11/h6-9,11H,1-5,13H2. The normalized spacial score (nSPS) is 18.3. The summed E-state index contributed by atoms with van der Waals surface area (Å²) >= 11 is 2.02. The highest BCUT2D eigenvalue weighted by atomic mass is 32.2. The highest BCUT2D eigenvalue weighted by molar-refractivity contribution is 8.00. The number of thioether (sulfide) groups is 1. The van der Waals surface area contributed by atoms with E-state index in [1.165, 1.54) is 37.0 Å². The molecule has 2 N–H and O–H groups in total. The van der Waals surface area contributed by atoms with E-state index in [1.807, 2.05) is 23.9 Å². The number of nitrogens with two attached hydrogens (primary N) is 1. The molecule has 1 aromatic carbocycles. The molecule has 1 aliphatic rings. The van der Waals surface area contributed by atoms with Gasteiger partial charge in [0.1, 0.15) is 0 Å². The van der Waals surface area contributed by atoms with Crippen molar-refractivity contribution in [2.24, 2.45) is 0 Å². The molecule has 1 saturated carbocycles. The molecule has 0 spiro atoms. The van der Waals surface area contributed by atoms with Crippen LogP contribution in [0.25, 0.3) is 0 Å². The summed E-state index contributed by atoms with van der Waals surface area (Å²) in [6, 6.07) is 8.25. The number of hydrogen-bond donors (Lipinski definition) is 1. The molecule has 1 aliphatic carbocycles. The van der Waals surface area contributed by atoms with Crippen molar-refractivity contribution in [2.45, 2.75) is 42.2 Å². The number of benzene rings is 1. The van der Waals surface area contributed by atoms with Gasteiger partial charge in [-0.05, 0) is 37.1 Å². The van der Waals surface area contributed by atoms with E-state index >= 15 is 0 Å². The van der Waals surface area contributed by atoms with Gasteiger partial charge in [-0.1, -0.05) is 19.3 Å². The van der Waals surface area contributed by atoms with Crippen molar-refractivity contribution in [2.75, 3.05) is 5.73 Å². The van der Waals surface area contributed by atoms with Crippen LogP contribution in [0.4, 0.5) is 5.69 Å². The van der Waals surface area contributed by atoms with Crippen molar-refractivity contribution in [3.05, 3.63) is 24.3 Å². The minimum Gasteiger partial charge on any atom is -0.399 e. The van der Waals surface area contributed by atoms with Gasteiger partial charge in [-0.25, -0.2) is 0 Å². The van der Waals surface area contributed by atoms with E-state index in [9.17, 15) is 0 Å². The molecule has 0 atom stereocenters.